The zero-order valence-electron chi connectivity index (χ0n) is 13.6. The van der Waals surface area contributed by atoms with E-state index in [9.17, 15) is 4.79 Å². The van der Waals surface area contributed by atoms with Crippen LogP contribution in [0.1, 0.15) is 44.2 Å². The van der Waals surface area contributed by atoms with Crippen LogP contribution in [0, 0.1) is 0 Å². The van der Waals surface area contributed by atoms with Gasteiger partial charge in [-0.1, -0.05) is 42.5 Å². The summed E-state index contributed by atoms with van der Waals surface area (Å²) >= 11 is 12.8. The molecular weight excluding hydrogens is 348 g/mol. The first-order valence-corrected chi connectivity index (χ1v) is 9.11. The molecule has 6 heteroatoms. The molecule has 1 atom stereocenters. The van der Waals surface area contributed by atoms with Gasteiger partial charge in [-0.25, -0.2) is 0 Å². The second-order valence-corrected chi connectivity index (χ2v) is 8.89. The van der Waals surface area contributed by atoms with Crippen LogP contribution in [-0.4, -0.2) is 22.8 Å². The van der Waals surface area contributed by atoms with Crippen LogP contribution in [-0.2, 0) is 4.79 Å². The number of fused-ring (bicyclic) bond motifs is 1. The molecule has 2 aliphatic rings. The number of nitrogens with one attached hydrogen (secondary N) is 1. The maximum atomic E-state index is 11.9. The Morgan fingerprint density at radius 3 is 2.78 bits per heavy atom. The third kappa shape index (κ3) is 3.02. The van der Waals surface area contributed by atoms with Gasteiger partial charge in [-0.2, -0.15) is 0 Å². The van der Waals surface area contributed by atoms with Crippen LogP contribution in [0.5, 0.6) is 0 Å². The Bertz CT molecular complexity index is 742. The van der Waals surface area contributed by atoms with Gasteiger partial charge in [-0.3, -0.25) is 4.79 Å². The molecule has 122 valence electrons. The maximum absolute atomic E-state index is 11.9. The molecule has 1 unspecified atom stereocenters. The number of thioether (sulfide) groups is 1. The molecule has 0 aromatic heterocycles. The first-order chi connectivity index (χ1) is 10.7. The Morgan fingerprint density at radius 2 is 2.17 bits per heavy atom. The predicted molar refractivity (Wildman–Crippen MR) is 103 cm³/mol. The van der Waals surface area contributed by atoms with Gasteiger partial charge >= 0.3 is 0 Å². The van der Waals surface area contributed by atoms with Gasteiger partial charge < -0.3 is 10.2 Å². The smallest absolute Gasteiger partial charge is 0.263 e. The van der Waals surface area contributed by atoms with Gasteiger partial charge in [-0.15, -0.1) is 0 Å². The summed E-state index contributed by atoms with van der Waals surface area (Å²) in [5.41, 5.74) is 3.41. The van der Waals surface area contributed by atoms with E-state index in [-0.39, 0.29) is 11.4 Å². The van der Waals surface area contributed by atoms with E-state index in [1.807, 2.05) is 12.1 Å². The lowest BCUT2D eigenvalue weighted by Gasteiger charge is -2.45. The van der Waals surface area contributed by atoms with Crippen molar-refractivity contribution in [2.75, 3.05) is 11.9 Å². The predicted octanol–water partition coefficient (Wildman–Crippen LogP) is 4.55. The number of amides is 1. The van der Waals surface area contributed by atoms with Crippen molar-refractivity contribution in [3.8, 4) is 0 Å². The van der Waals surface area contributed by atoms with Crippen LogP contribution in [0.3, 0.4) is 0 Å². The van der Waals surface area contributed by atoms with E-state index < -0.39 is 0 Å². The molecule has 1 saturated heterocycles. The fraction of sp³-hybridized carbons (Fsp3) is 0.412. The molecule has 0 spiro atoms. The van der Waals surface area contributed by atoms with Crippen molar-refractivity contribution in [2.45, 2.75) is 38.6 Å². The average molecular weight is 367 g/mol. The van der Waals surface area contributed by atoms with Gasteiger partial charge in [0.25, 0.3) is 5.91 Å². The zero-order valence-corrected chi connectivity index (χ0v) is 16.0. The Hall–Kier alpha value is -1.04. The second kappa shape index (κ2) is 5.80. The number of thiocarbonyl (C=S) groups is 1. The van der Waals surface area contributed by atoms with E-state index in [0.29, 0.717) is 20.2 Å². The minimum atomic E-state index is -0.153. The summed E-state index contributed by atoms with van der Waals surface area (Å²) in [6, 6.07) is 4.12. The largest absolute Gasteiger partial charge is 0.369 e. The summed E-state index contributed by atoms with van der Waals surface area (Å²) in [5, 5.41) is 3.28. The third-order valence-electron chi connectivity index (χ3n) is 4.68. The molecule has 3 rings (SSSR count). The Morgan fingerprint density at radius 1 is 1.48 bits per heavy atom. The number of hydrogen-bond donors (Lipinski definition) is 1. The molecule has 1 fully saturated rings. The van der Waals surface area contributed by atoms with Gasteiger partial charge in [0.05, 0.1) is 4.91 Å². The minimum Gasteiger partial charge on any atom is -0.369 e. The summed E-state index contributed by atoms with van der Waals surface area (Å²) < 4.78 is 0.491. The van der Waals surface area contributed by atoms with E-state index in [2.05, 4.69) is 44.1 Å². The molecule has 23 heavy (non-hydrogen) atoms. The Labute approximate surface area is 151 Å². The normalized spacial score (nSPS) is 24.8. The van der Waals surface area contributed by atoms with E-state index in [1.165, 1.54) is 23.0 Å². The molecule has 2 aliphatic heterocycles. The molecule has 2 heterocycles. The molecule has 0 aliphatic carbocycles. The standard InChI is InChI=1S/C17H19ClN2OS2/c1-9-8-17(2,3)20(4)13-7-12(18)10(5-11(9)13)6-14-15(21)19-16(22)23-14/h5-7,9H,8H2,1-4H3,(H,19,21,22)/b14-6-. The van der Waals surface area contributed by atoms with Crippen molar-refractivity contribution in [3.05, 3.63) is 33.2 Å². The van der Waals surface area contributed by atoms with Crippen molar-refractivity contribution in [1.29, 1.82) is 0 Å². The number of halogens is 1. The highest BCUT2D eigenvalue weighted by Crippen LogP contribution is 2.44. The second-order valence-electron chi connectivity index (χ2n) is 6.76. The summed E-state index contributed by atoms with van der Waals surface area (Å²) in [4.78, 5) is 14.7. The van der Waals surface area contributed by atoms with Gasteiger partial charge in [0.15, 0.2) is 0 Å². The number of carbonyl (C=O) groups is 1. The lowest BCUT2D eigenvalue weighted by molar-refractivity contribution is -0.115. The molecule has 0 radical (unpaired) electrons. The minimum absolute atomic E-state index is 0.100. The molecule has 3 nitrogen and oxygen atoms in total. The first-order valence-electron chi connectivity index (χ1n) is 7.51. The highest BCUT2D eigenvalue weighted by atomic mass is 35.5. The highest BCUT2D eigenvalue weighted by molar-refractivity contribution is 8.26. The van der Waals surface area contributed by atoms with E-state index in [4.69, 9.17) is 23.8 Å². The summed E-state index contributed by atoms with van der Waals surface area (Å²) in [7, 11) is 2.11. The van der Waals surface area contributed by atoms with E-state index in [0.717, 1.165) is 12.0 Å². The first kappa shape index (κ1) is 16.8. The monoisotopic (exact) mass is 366 g/mol. The fourth-order valence-corrected chi connectivity index (χ4v) is 4.53. The molecular formula is C17H19ClN2OS2. The summed E-state index contributed by atoms with van der Waals surface area (Å²) in [6.07, 6.45) is 2.90. The summed E-state index contributed by atoms with van der Waals surface area (Å²) in [6.45, 7) is 6.73. The summed E-state index contributed by atoms with van der Waals surface area (Å²) in [5.74, 6) is 0.289. The highest BCUT2D eigenvalue weighted by Gasteiger charge is 2.34. The lowest BCUT2D eigenvalue weighted by Crippen LogP contribution is -2.45. The van der Waals surface area contributed by atoms with E-state index >= 15 is 0 Å². The van der Waals surface area contributed by atoms with Crippen molar-refractivity contribution >= 4 is 57.6 Å². The van der Waals surface area contributed by atoms with Crippen molar-refractivity contribution in [3.63, 3.8) is 0 Å². The van der Waals surface area contributed by atoms with Crippen LogP contribution < -0.4 is 10.2 Å². The van der Waals surface area contributed by atoms with Crippen LogP contribution >= 0.6 is 35.6 Å². The topological polar surface area (TPSA) is 32.3 Å². The zero-order chi connectivity index (χ0) is 16.9. The van der Waals surface area contributed by atoms with Crippen LogP contribution in [0.15, 0.2) is 17.0 Å². The van der Waals surface area contributed by atoms with Gasteiger partial charge in [0, 0.05) is 23.3 Å². The van der Waals surface area contributed by atoms with Crippen molar-refractivity contribution in [2.24, 2.45) is 0 Å². The SMILES string of the molecule is CC1CC(C)(C)N(C)c2cc(Cl)c(/C=C3\SC(=S)NC3=O)cc21. The number of rotatable bonds is 1. The van der Waals surface area contributed by atoms with Crippen LogP contribution in [0.25, 0.3) is 6.08 Å². The lowest BCUT2D eigenvalue weighted by atomic mass is 9.80. The van der Waals surface area contributed by atoms with Gasteiger partial charge in [0.1, 0.15) is 4.32 Å². The maximum Gasteiger partial charge on any atom is 0.263 e. The van der Waals surface area contributed by atoms with Crippen molar-refractivity contribution in [1.82, 2.24) is 5.32 Å². The number of hydrogen-bond acceptors (Lipinski definition) is 4. The average Bonchev–Trinajstić information content (AvgIpc) is 2.76. The Kier molecular flexibility index (Phi) is 4.23. The number of carbonyl (C=O) groups excluding carboxylic acids is 1. The van der Waals surface area contributed by atoms with Crippen LogP contribution in [0.4, 0.5) is 5.69 Å². The van der Waals surface area contributed by atoms with E-state index in [1.54, 1.807) is 0 Å². The van der Waals surface area contributed by atoms with Crippen LogP contribution in [0.2, 0.25) is 5.02 Å². The fourth-order valence-electron chi connectivity index (χ4n) is 3.28. The molecule has 0 saturated carbocycles. The molecule has 0 bridgehead atoms. The van der Waals surface area contributed by atoms with Crippen molar-refractivity contribution < 1.29 is 4.79 Å². The van der Waals surface area contributed by atoms with Gasteiger partial charge in [-0.05, 0) is 55.5 Å². The molecule has 1 aromatic carbocycles. The molecule has 1 N–H and O–H groups in total. The molecule has 1 amide bonds. The third-order valence-corrected chi connectivity index (χ3v) is 6.17. The number of benzene rings is 1. The van der Waals surface area contributed by atoms with Gasteiger partial charge in [0.2, 0.25) is 0 Å². The Balaban J connectivity index is 2.06. The molecule has 1 aromatic rings. The number of anilines is 1. The number of nitrogens with zero attached hydrogens (tertiary/aromatic N) is 1. The quantitative estimate of drug-likeness (QED) is 0.583.